The van der Waals surface area contributed by atoms with Crippen molar-refractivity contribution in [1.29, 1.82) is 0 Å². The molecule has 0 saturated heterocycles. The number of aromatic nitrogens is 1. The van der Waals surface area contributed by atoms with Gasteiger partial charge in [0, 0.05) is 30.9 Å². The fourth-order valence-corrected chi connectivity index (χ4v) is 2.40. The molecule has 0 aliphatic heterocycles. The first-order chi connectivity index (χ1) is 8.15. The third-order valence-electron chi connectivity index (χ3n) is 2.29. The number of thiophene rings is 1. The average Bonchev–Trinajstić information content (AvgIpc) is 2.73. The van der Waals surface area contributed by atoms with Gasteiger partial charge in [0.05, 0.1) is 16.9 Å². The standard InChI is InChI=1S/C12H14ClN3S/c1-16(2)12-4-3-10(6-15-12)14-7-11-5-9(13)8-17-11/h3-6,8,14H,7H2,1-2H3. The van der Waals surface area contributed by atoms with E-state index < -0.39 is 0 Å². The fourth-order valence-electron chi connectivity index (χ4n) is 1.39. The maximum atomic E-state index is 5.86. The van der Waals surface area contributed by atoms with E-state index in [1.165, 1.54) is 4.88 Å². The highest BCUT2D eigenvalue weighted by Gasteiger charge is 1.99. The molecule has 0 aromatic carbocycles. The molecular weight excluding hydrogens is 254 g/mol. The molecule has 5 heteroatoms. The Balaban J connectivity index is 1.95. The van der Waals surface area contributed by atoms with Gasteiger partial charge in [0.25, 0.3) is 0 Å². The Morgan fingerprint density at radius 3 is 2.76 bits per heavy atom. The second-order valence-corrected chi connectivity index (χ2v) is 5.32. The molecule has 17 heavy (non-hydrogen) atoms. The second-order valence-electron chi connectivity index (χ2n) is 3.88. The van der Waals surface area contributed by atoms with Crippen molar-refractivity contribution in [3.63, 3.8) is 0 Å². The number of hydrogen-bond donors (Lipinski definition) is 1. The molecule has 0 bridgehead atoms. The van der Waals surface area contributed by atoms with E-state index >= 15 is 0 Å². The summed E-state index contributed by atoms with van der Waals surface area (Å²) in [4.78, 5) is 7.53. The minimum absolute atomic E-state index is 0.778. The van der Waals surface area contributed by atoms with Gasteiger partial charge in [-0.3, -0.25) is 0 Å². The number of nitrogens with zero attached hydrogens (tertiary/aromatic N) is 2. The summed E-state index contributed by atoms with van der Waals surface area (Å²) in [5.41, 5.74) is 1.01. The molecule has 2 aromatic rings. The van der Waals surface area contributed by atoms with Crippen molar-refractivity contribution >= 4 is 34.4 Å². The Bertz CT molecular complexity index is 479. The van der Waals surface area contributed by atoms with Crippen molar-refractivity contribution in [3.05, 3.63) is 39.7 Å². The SMILES string of the molecule is CN(C)c1ccc(NCc2cc(Cl)cs2)cn1. The van der Waals surface area contributed by atoms with E-state index in [-0.39, 0.29) is 0 Å². The van der Waals surface area contributed by atoms with E-state index in [1.807, 2.05) is 48.8 Å². The van der Waals surface area contributed by atoms with Crippen LogP contribution in [-0.4, -0.2) is 19.1 Å². The van der Waals surface area contributed by atoms with Gasteiger partial charge < -0.3 is 10.2 Å². The van der Waals surface area contributed by atoms with Crippen LogP contribution < -0.4 is 10.2 Å². The molecule has 0 saturated carbocycles. The Morgan fingerprint density at radius 2 is 2.24 bits per heavy atom. The van der Waals surface area contributed by atoms with Crippen LogP contribution in [0.15, 0.2) is 29.8 Å². The third kappa shape index (κ3) is 3.35. The van der Waals surface area contributed by atoms with Crippen LogP contribution in [0.3, 0.4) is 0 Å². The van der Waals surface area contributed by atoms with Gasteiger partial charge in [-0.2, -0.15) is 0 Å². The highest BCUT2D eigenvalue weighted by atomic mass is 35.5. The lowest BCUT2D eigenvalue weighted by Crippen LogP contribution is -2.10. The van der Waals surface area contributed by atoms with E-state index in [0.29, 0.717) is 0 Å². The quantitative estimate of drug-likeness (QED) is 0.919. The third-order valence-corrected chi connectivity index (χ3v) is 3.58. The lowest BCUT2D eigenvalue weighted by molar-refractivity contribution is 1.06. The summed E-state index contributed by atoms with van der Waals surface area (Å²) < 4.78 is 0. The predicted octanol–water partition coefficient (Wildman–Crippen LogP) is 3.47. The maximum absolute atomic E-state index is 5.86. The number of nitrogens with one attached hydrogen (secondary N) is 1. The molecule has 0 atom stereocenters. The largest absolute Gasteiger partial charge is 0.379 e. The van der Waals surface area contributed by atoms with Crippen LogP contribution in [0.4, 0.5) is 11.5 Å². The molecule has 2 heterocycles. The van der Waals surface area contributed by atoms with Crippen LogP contribution in [-0.2, 0) is 6.54 Å². The van der Waals surface area contributed by atoms with Gasteiger partial charge in [0.15, 0.2) is 0 Å². The summed E-state index contributed by atoms with van der Waals surface area (Å²) in [6, 6.07) is 5.99. The minimum atomic E-state index is 0.778. The number of rotatable bonds is 4. The molecule has 0 aliphatic carbocycles. The van der Waals surface area contributed by atoms with E-state index in [4.69, 9.17) is 11.6 Å². The summed E-state index contributed by atoms with van der Waals surface area (Å²) in [5.74, 6) is 0.953. The molecule has 0 fully saturated rings. The van der Waals surface area contributed by atoms with Crippen molar-refractivity contribution in [3.8, 4) is 0 Å². The average molecular weight is 268 g/mol. The van der Waals surface area contributed by atoms with Crippen LogP contribution in [0.25, 0.3) is 0 Å². The molecule has 2 aromatic heterocycles. The zero-order valence-corrected chi connectivity index (χ0v) is 11.3. The molecule has 0 amide bonds. The number of pyridine rings is 1. The molecular formula is C12H14ClN3S. The Labute approximate surface area is 110 Å². The molecule has 3 nitrogen and oxygen atoms in total. The molecule has 0 aliphatic rings. The first kappa shape index (κ1) is 12.2. The highest BCUT2D eigenvalue weighted by Crippen LogP contribution is 2.20. The Hall–Kier alpha value is -1.26. The van der Waals surface area contributed by atoms with Gasteiger partial charge in [-0.05, 0) is 18.2 Å². The van der Waals surface area contributed by atoms with Crippen molar-refractivity contribution < 1.29 is 0 Å². The number of halogens is 1. The summed E-state index contributed by atoms with van der Waals surface area (Å²) in [7, 11) is 3.95. The fraction of sp³-hybridized carbons (Fsp3) is 0.250. The van der Waals surface area contributed by atoms with Crippen molar-refractivity contribution in [2.24, 2.45) is 0 Å². The summed E-state index contributed by atoms with van der Waals surface area (Å²) >= 11 is 7.52. The van der Waals surface area contributed by atoms with E-state index in [1.54, 1.807) is 11.3 Å². The molecule has 0 spiro atoms. The predicted molar refractivity (Wildman–Crippen MR) is 75.2 cm³/mol. The lowest BCUT2D eigenvalue weighted by Gasteiger charge is -2.11. The molecule has 0 unspecified atom stereocenters. The van der Waals surface area contributed by atoms with E-state index in [0.717, 1.165) is 23.1 Å². The van der Waals surface area contributed by atoms with Crippen LogP contribution >= 0.6 is 22.9 Å². The maximum Gasteiger partial charge on any atom is 0.128 e. The number of hydrogen-bond acceptors (Lipinski definition) is 4. The molecule has 0 radical (unpaired) electrons. The summed E-state index contributed by atoms with van der Waals surface area (Å²) in [6.45, 7) is 0.778. The van der Waals surface area contributed by atoms with Gasteiger partial charge in [0.2, 0.25) is 0 Å². The zero-order chi connectivity index (χ0) is 12.3. The normalized spacial score (nSPS) is 10.3. The first-order valence-electron chi connectivity index (χ1n) is 5.25. The Morgan fingerprint density at radius 1 is 1.41 bits per heavy atom. The second kappa shape index (κ2) is 5.38. The van der Waals surface area contributed by atoms with Crippen LogP contribution in [0.5, 0.6) is 0 Å². The minimum Gasteiger partial charge on any atom is -0.379 e. The molecule has 1 N–H and O–H groups in total. The van der Waals surface area contributed by atoms with E-state index in [2.05, 4.69) is 10.3 Å². The van der Waals surface area contributed by atoms with Crippen molar-refractivity contribution in [1.82, 2.24) is 4.98 Å². The lowest BCUT2D eigenvalue weighted by atomic mass is 10.3. The van der Waals surface area contributed by atoms with E-state index in [9.17, 15) is 0 Å². The van der Waals surface area contributed by atoms with Crippen LogP contribution in [0.2, 0.25) is 5.02 Å². The van der Waals surface area contributed by atoms with Gasteiger partial charge in [-0.25, -0.2) is 4.98 Å². The Kier molecular flexibility index (Phi) is 3.86. The zero-order valence-electron chi connectivity index (χ0n) is 9.77. The molecule has 2 rings (SSSR count). The summed E-state index contributed by atoms with van der Waals surface area (Å²) in [5, 5.41) is 6.05. The van der Waals surface area contributed by atoms with Crippen LogP contribution in [0.1, 0.15) is 4.88 Å². The summed E-state index contributed by atoms with van der Waals surface area (Å²) in [6.07, 6.45) is 1.84. The van der Waals surface area contributed by atoms with Crippen molar-refractivity contribution in [2.45, 2.75) is 6.54 Å². The highest BCUT2D eigenvalue weighted by molar-refractivity contribution is 7.10. The topological polar surface area (TPSA) is 28.2 Å². The monoisotopic (exact) mass is 267 g/mol. The van der Waals surface area contributed by atoms with Gasteiger partial charge in [-0.15, -0.1) is 11.3 Å². The number of anilines is 2. The molecule has 90 valence electrons. The van der Waals surface area contributed by atoms with Gasteiger partial charge >= 0.3 is 0 Å². The smallest absolute Gasteiger partial charge is 0.128 e. The van der Waals surface area contributed by atoms with Gasteiger partial charge in [-0.1, -0.05) is 11.6 Å². The first-order valence-corrected chi connectivity index (χ1v) is 6.51. The van der Waals surface area contributed by atoms with Crippen LogP contribution in [0, 0.1) is 0 Å². The van der Waals surface area contributed by atoms with Gasteiger partial charge in [0.1, 0.15) is 5.82 Å². The van der Waals surface area contributed by atoms with Crippen molar-refractivity contribution in [2.75, 3.05) is 24.3 Å².